The number of carbonyl (C=O) groups excluding carboxylic acids is 1. The van der Waals surface area contributed by atoms with Gasteiger partial charge in [0.25, 0.3) is 0 Å². The van der Waals surface area contributed by atoms with Gasteiger partial charge in [-0.1, -0.05) is 0 Å². The Morgan fingerprint density at radius 2 is 2.10 bits per heavy atom. The topological polar surface area (TPSA) is 89.9 Å². The first kappa shape index (κ1) is 16.2. The number of hydrogen-bond donors (Lipinski definition) is 4. The van der Waals surface area contributed by atoms with Gasteiger partial charge < -0.3 is 0 Å². The molecule has 0 aromatic heterocycles. The van der Waals surface area contributed by atoms with Gasteiger partial charge in [0, 0.05) is 0 Å². The van der Waals surface area contributed by atoms with Crippen molar-refractivity contribution in [3.63, 3.8) is 0 Å². The first-order valence-electron chi connectivity index (χ1n) is 5.88. The van der Waals surface area contributed by atoms with Gasteiger partial charge in [-0.3, -0.25) is 0 Å². The summed E-state index contributed by atoms with van der Waals surface area (Å²) in [6, 6.07) is 5.45. The molecule has 4 N–H and O–H groups in total. The minimum atomic E-state index is -0.592. The summed E-state index contributed by atoms with van der Waals surface area (Å²) in [5.74, 6) is -0.114. The molecule has 1 amide bonds. The van der Waals surface area contributed by atoms with Crippen LogP contribution >= 0.6 is 0 Å². The Kier molecular flexibility index (Phi) is 7.40. The summed E-state index contributed by atoms with van der Waals surface area (Å²) < 4.78 is 7.19. The standard InChI is InChI=1S/C12H18IN6O/c1-9(20)17-10-4-5-11(15-3)12(8-10)18-19-13-16-7-6-14-2/h4-8,14-16H,1-3H3,(H,17,20)/q-1. The maximum absolute atomic E-state index is 11.0. The van der Waals surface area contributed by atoms with Crippen molar-refractivity contribution in [1.82, 2.24) is 8.85 Å². The molecule has 0 spiro atoms. The zero-order valence-electron chi connectivity index (χ0n) is 11.6. The molecule has 8 heteroatoms. The normalized spacial score (nSPS) is 10.9. The van der Waals surface area contributed by atoms with E-state index in [4.69, 9.17) is 0 Å². The predicted molar refractivity (Wildman–Crippen MR) is 76.1 cm³/mol. The van der Waals surface area contributed by atoms with Crippen LogP contribution in [0.5, 0.6) is 0 Å². The van der Waals surface area contributed by atoms with Crippen LogP contribution < -0.4 is 41.2 Å². The number of nitrogens with one attached hydrogen (secondary N) is 4. The summed E-state index contributed by atoms with van der Waals surface area (Å²) in [6.45, 7) is 1.47. The van der Waals surface area contributed by atoms with Crippen LogP contribution in [0.15, 0.2) is 39.0 Å². The van der Waals surface area contributed by atoms with Crippen LogP contribution in [0.2, 0.25) is 0 Å². The summed E-state index contributed by atoms with van der Waals surface area (Å²) in [6.07, 6.45) is 3.57. The van der Waals surface area contributed by atoms with Crippen LogP contribution in [0.4, 0.5) is 17.1 Å². The second-order valence-corrected chi connectivity index (χ2v) is 5.19. The molecule has 1 aromatic rings. The number of amides is 1. The van der Waals surface area contributed by atoms with Crippen LogP contribution in [0, 0.1) is 0 Å². The molecule has 0 aliphatic heterocycles. The second-order valence-electron chi connectivity index (χ2n) is 3.65. The molecule has 0 unspecified atom stereocenters. The second kappa shape index (κ2) is 9.13. The van der Waals surface area contributed by atoms with Gasteiger partial charge in [0.05, 0.1) is 0 Å². The Balaban J connectivity index is 2.72. The van der Waals surface area contributed by atoms with Gasteiger partial charge in [-0.25, -0.2) is 0 Å². The SMILES string of the molecule is CNC=CN[I-]N=Nc1cc(NC(C)=O)ccc1NC. The van der Waals surface area contributed by atoms with E-state index in [1.165, 1.54) is 6.92 Å². The average Bonchev–Trinajstić information content (AvgIpc) is 2.42. The number of rotatable bonds is 7. The van der Waals surface area contributed by atoms with E-state index >= 15 is 0 Å². The molecule has 0 saturated heterocycles. The van der Waals surface area contributed by atoms with Crippen LogP contribution in [0.3, 0.4) is 0 Å². The average molecular weight is 389 g/mol. The van der Waals surface area contributed by atoms with E-state index in [0.717, 1.165) is 5.69 Å². The van der Waals surface area contributed by atoms with Crippen molar-refractivity contribution in [2.75, 3.05) is 24.7 Å². The van der Waals surface area contributed by atoms with E-state index in [1.54, 1.807) is 18.5 Å². The van der Waals surface area contributed by atoms with Crippen LogP contribution in [0.25, 0.3) is 0 Å². The van der Waals surface area contributed by atoms with Crippen molar-refractivity contribution in [3.8, 4) is 0 Å². The van der Waals surface area contributed by atoms with E-state index in [2.05, 4.69) is 27.9 Å². The molecular weight excluding hydrogens is 371 g/mol. The van der Waals surface area contributed by atoms with Gasteiger partial charge in [-0.15, -0.1) is 0 Å². The summed E-state index contributed by atoms with van der Waals surface area (Å²) in [5, 5.41) is 12.8. The quantitative estimate of drug-likeness (QED) is 0.208. The molecular formula is C12H18IN6O-. The maximum atomic E-state index is 11.0. The zero-order chi connectivity index (χ0) is 14.8. The minimum absolute atomic E-state index is 0.114. The van der Waals surface area contributed by atoms with Crippen molar-refractivity contribution < 1.29 is 26.5 Å². The van der Waals surface area contributed by atoms with Crippen LogP contribution in [-0.4, -0.2) is 20.0 Å². The van der Waals surface area contributed by atoms with Crippen LogP contribution in [-0.2, 0) is 4.79 Å². The molecule has 1 rings (SSSR count). The van der Waals surface area contributed by atoms with Crippen molar-refractivity contribution in [1.29, 1.82) is 0 Å². The molecule has 1 aromatic carbocycles. The number of carbonyl (C=O) groups is 1. The molecule has 110 valence electrons. The molecule has 0 atom stereocenters. The van der Waals surface area contributed by atoms with E-state index in [9.17, 15) is 4.79 Å². The van der Waals surface area contributed by atoms with Crippen molar-refractivity contribution in [3.05, 3.63) is 30.6 Å². The Labute approximate surface area is 129 Å². The molecule has 0 aliphatic carbocycles. The fraction of sp³-hybridized carbons (Fsp3) is 0.250. The van der Waals surface area contributed by atoms with Gasteiger partial charge >= 0.3 is 129 Å². The zero-order valence-corrected chi connectivity index (χ0v) is 13.7. The monoisotopic (exact) mass is 389 g/mol. The number of halogens is 1. The van der Waals surface area contributed by atoms with Gasteiger partial charge in [0.2, 0.25) is 0 Å². The van der Waals surface area contributed by atoms with Crippen molar-refractivity contribution >= 4 is 23.0 Å². The van der Waals surface area contributed by atoms with Gasteiger partial charge in [-0.2, -0.15) is 0 Å². The van der Waals surface area contributed by atoms with E-state index in [1.807, 2.05) is 26.2 Å². The molecule has 0 radical (unpaired) electrons. The Hall–Kier alpha value is -1.84. The van der Waals surface area contributed by atoms with Crippen LogP contribution in [0.1, 0.15) is 6.92 Å². The third-order valence-corrected chi connectivity index (χ3v) is 3.20. The number of nitrogens with zero attached hydrogens (tertiary/aromatic N) is 2. The van der Waals surface area contributed by atoms with Gasteiger partial charge in [0.15, 0.2) is 0 Å². The summed E-state index contributed by atoms with van der Waals surface area (Å²) in [7, 11) is 3.64. The number of hydrogen-bond acceptors (Lipinski definition) is 6. The van der Waals surface area contributed by atoms with E-state index in [-0.39, 0.29) is 5.91 Å². The van der Waals surface area contributed by atoms with E-state index in [0.29, 0.717) is 11.4 Å². The van der Waals surface area contributed by atoms with E-state index < -0.39 is 21.8 Å². The molecule has 20 heavy (non-hydrogen) atoms. The Bertz CT molecular complexity index is 503. The summed E-state index contributed by atoms with van der Waals surface area (Å²) in [5.41, 5.74) is 2.25. The predicted octanol–water partition coefficient (Wildman–Crippen LogP) is -1.03. The number of benzene rings is 1. The third-order valence-electron chi connectivity index (χ3n) is 2.13. The molecule has 0 heterocycles. The fourth-order valence-corrected chi connectivity index (χ4v) is 2.14. The Morgan fingerprint density at radius 1 is 1.30 bits per heavy atom. The Morgan fingerprint density at radius 3 is 2.75 bits per heavy atom. The first-order valence-corrected chi connectivity index (χ1v) is 7.93. The van der Waals surface area contributed by atoms with Crippen molar-refractivity contribution in [2.45, 2.75) is 6.92 Å². The summed E-state index contributed by atoms with van der Waals surface area (Å²) in [4.78, 5) is 11.0. The third kappa shape index (κ3) is 5.87. The molecule has 0 aliphatic rings. The molecule has 0 fully saturated rings. The van der Waals surface area contributed by atoms with Gasteiger partial charge in [-0.05, 0) is 0 Å². The number of anilines is 2. The van der Waals surface area contributed by atoms with Crippen molar-refractivity contribution in [2.24, 2.45) is 8.44 Å². The first-order chi connectivity index (χ1) is 9.67. The molecule has 0 bridgehead atoms. The van der Waals surface area contributed by atoms with Gasteiger partial charge in [0.1, 0.15) is 0 Å². The fourth-order valence-electron chi connectivity index (χ4n) is 1.33. The summed E-state index contributed by atoms with van der Waals surface area (Å²) >= 11 is -0.592. The molecule has 7 nitrogen and oxygen atoms in total. The molecule has 0 saturated carbocycles.